The van der Waals surface area contributed by atoms with Gasteiger partial charge in [-0.05, 0) is 43.5 Å². The van der Waals surface area contributed by atoms with Crippen molar-refractivity contribution in [1.29, 1.82) is 0 Å². The Bertz CT molecular complexity index is 1290. The van der Waals surface area contributed by atoms with Crippen molar-refractivity contribution in [2.75, 3.05) is 13.1 Å². The number of aromatic nitrogens is 2. The number of carbonyl (C=O) groups is 2. The van der Waals surface area contributed by atoms with Crippen LogP contribution in [-0.4, -0.2) is 51.8 Å². The molecule has 1 aromatic heterocycles. The van der Waals surface area contributed by atoms with Gasteiger partial charge in [-0.15, -0.1) is 0 Å². The highest BCUT2D eigenvalue weighted by Gasteiger charge is 2.30. The van der Waals surface area contributed by atoms with E-state index in [0.717, 1.165) is 25.2 Å². The lowest BCUT2D eigenvalue weighted by Crippen LogP contribution is -2.44. The van der Waals surface area contributed by atoms with Crippen LogP contribution in [0.5, 0.6) is 5.75 Å². The van der Waals surface area contributed by atoms with Crippen molar-refractivity contribution in [1.82, 2.24) is 20.0 Å². The van der Waals surface area contributed by atoms with Crippen molar-refractivity contribution >= 4 is 22.7 Å². The first kappa shape index (κ1) is 23.3. The molecular formula is C26H30N4O5. The molecule has 2 aliphatic rings. The third-order valence-electron chi connectivity index (χ3n) is 6.55. The fraction of sp³-hybridized carbons (Fsp3) is 0.423. The van der Waals surface area contributed by atoms with Gasteiger partial charge in [0.15, 0.2) is 0 Å². The number of H-pyrrole nitrogens is 1. The molecule has 0 spiro atoms. The quantitative estimate of drug-likeness (QED) is 0.528. The van der Waals surface area contributed by atoms with E-state index >= 15 is 0 Å². The molecule has 5 rings (SSSR count). The number of carbonyl (C=O) groups excluding carboxylic acids is 2. The fourth-order valence-corrected chi connectivity index (χ4v) is 4.97. The molecule has 3 atom stereocenters. The van der Waals surface area contributed by atoms with E-state index in [1.54, 1.807) is 18.2 Å². The standard InChI is InChI=1S/C26H30N4O5/c1-16-12-29(13-17(2)35-16)14-18-6-8-19(9-7-18)15-34-22-5-3-4-20-24(22)28-30(26(20)33)21-10-11-23(31)27-25(21)32/h3-9,16-17,21,28H,10-15H2,1-2H3,(H,27,31,32)/t16-,17+,21?. The highest BCUT2D eigenvalue weighted by Crippen LogP contribution is 2.25. The summed E-state index contributed by atoms with van der Waals surface area (Å²) in [5, 5.41) is 5.77. The van der Waals surface area contributed by atoms with Gasteiger partial charge in [0.2, 0.25) is 5.91 Å². The first-order chi connectivity index (χ1) is 16.9. The molecule has 1 unspecified atom stereocenters. The van der Waals surface area contributed by atoms with E-state index in [9.17, 15) is 14.4 Å². The summed E-state index contributed by atoms with van der Waals surface area (Å²) in [6.07, 6.45) is 0.958. The average Bonchev–Trinajstić information content (AvgIpc) is 3.15. The van der Waals surface area contributed by atoms with Gasteiger partial charge in [-0.25, -0.2) is 4.68 Å². The summed E-state index contributed by atoms with van der Waals surface area (Å²) in [5.74, 6) is -0.260. The molecule has 3 aromatic rings. The van der Waals surface area contributed by atoms with Gasteiger partial charge in [0.25, 0.3) is 11.5 Å². The molecule has 2 amide bonds. The van der Waals surface area contributed by atoms with E-state index in [2.05, 4.69) is 53.4 Å². The number of hydrogen-bond donors (Lipinski definition) is 2. The van der Waals surface area contributed by atoms with Gasteiger partial charge in [0, 0.05) is 26.1 Å². The lowest BCUT2D eigenvalue weighted by Gasteiger charge is -2.35. The molecule has 3 heterocycles. The van der Waals surface area contributed by atoms with Crippen LogP contribution in [0.4, 0.5) is 0 Å². The number of nitrogens with one attached hydrogen (secondary N) is 2. The van der Waals surface area contributed by atoms with Crippen LogP contribution in [0.25, 0.3) is 10.9 Å². The molecule has 2 saturated heterocycles. The Labute approximate surface area is 203 Å². The van der Waals surface area contributed by atoms with Crippen molar-refractivity contribution in [2.24, 2.45) is 0 Å². The molecule has 2 aliphatic heterocycles. The van der Waals surface area contributed by atoms with Crippen molar-refractivity contribution in [3.05, 3.63) is 63.9 Å². The van der Waals surface area contributed by atoms with Crippen LogP contribution in [0.1, 0.15) is 43.9 Å². The second kappa shape index (κ2) is 9.67. The normalized spacial score (nSPS) is 23.4. The number of nitrogens with zero attached hydrogens (tertiary/aromatic N) is 2. The zero-order valence-corrected chi connectivity index (χ0v) is 20.0. The first-order valence-corrected chi connectivity index (χ1v) is 12.0. The van der Waals surface area contributed by atoms with E-state index in [4.69, 9.17) is 9.47 Å². The van der Waals surface area contributed by atoms with Crippen LogP contribution in [0.3, 0.4) is 0 Å². The van der Waals surface area contributed by atoms with Crippen molar-refractivity contribution < 1.29 is 19.1 Å². The maximum atomic E-state index is 12.9. The molecule has 2 fully saturated rings. The fourth-order valence-electron chi connectivity index (χ4n) is 4.97. The van der Waals surface area contributed by atoms with Crippen LogP contribution in [0.15, 0.2) is 47.3 Å². The number of benzene rings is 2. The number of ether oxygens (including phenoxy) is 2. The van der Waals surface area contributed by atoms with Crippen LogP contribution < -0.4 is 15.6 Å². The molecule has 0 radical (unpaired) electrons. The molecule has 9 nitrogen and oxygen atoms in total. The van der Waals surface area contributed by atoms with Crippen molar-refractivity contribution in [3.63, 3.8) is 0 Å². The van der Waals surface area contributed by atoms with E-state index in [-0.39, 0.29) is 36.5 Å². The highest BCUT2D eigenvalue weighted by atomic mass is 16.5. The van der Waals surface area contributed by atoms with Gasteiger partial charge in [-0.2, -0.15) is 0 Å². The molecule has 9 heteroatoms. The van der Waals surface area contributed by atoms with Gasteiger partial charge < -0.3 is 9.47 Å². The summed E-state index contributed by atoms with van der Waals surface area (Å²) in [7, 11) is 0. The van der Waals surface area contributed by atoms with Crippen LogP contribution in [-0.2, 0) is 27.5 Å². The Hall–Kier alpha value is -3.43. The highest BCUT2D eigenvalue weighted by molar-refractivity contribution is 5.99. The summed E-state index contributed by atoms with van der Waals surface area (Å²) in [6.45, 7) is 7.29. The zero-order valence-electron chi connectivity index (χ0n) is 20.0. The molecule has 0 aliphatic carbocycles. The maximum absolute atomic E-state index is 12.9. The Balaban J connectivity index is 1.27. The minimum atomic E-state index is -0.745. The number of hydrogen-bond acceptors (Lipinski definition) is 6. The predicted octanol–water partition coefficient (Wildman–Crippen LogP) is 2.50. The molecule has 35 heavy (non-hydrogen) atoms. The predicted molar refractivity (Wildman–Crippen MR) is 130 cm³/mol. The maximum Gasteiger partial charge on any atom is 0.275 e. The summed E-state index contributed by atoms with van der Waals surface area (Å²) in [5.41, 5.74) is 2.48. The SMILES string of the molecule is C[C@@H]1CN(Cc2ccc(COc3cccc4c(=O)n(C5CCC(=O)NC5=O)[nH]c34)cc2)C[C@H](C)O1. The Morgan fingerprint density at radius 3 is 2.43 bits per heavy atom. The minimum Gasteiger partial charge on any atom is -0.487 e. The number of piperidine rings is 1. The van der Waals surface area contributed by atoms with E-state index in [1.807, 2.05) is 0 Å². The molecule has 2 aromatic carbocycles. The third kappa shape index (κ3) is 5.01. The number of morpholine rings is 1. The zero-order chi connectivity index (χ0) is 24.5. The first-order valence-electron chi connectivity index (χ1n) is 12.0. The Morgan fingerprint density at radius 2 is 1.71 bits per heavy atom. The third-order valence-corrected chi connectivity index (χ3v) is 6.55. The van der Waals surface area contributed by atoms with E-state index in [1.165, 1.54) is 10.2 Å². The second-order valence-corrected chi connectivity index (χ2v) is 9.49. The van der Waals surface area contributed by atoms with Crippen LogP contribution >= 0.6 is 0 Å². The van der Waals surface area contributed by atoms with E-state index in [0.29, 0.717) is 23.3 Å². The second-order valence-electron chi connectivity index (χ2n) is 9.49. The van der Waals surface area contributed by atoms with Crippen molar-refractivity contribution in [3.8, 4) is 5.75 Å². The van der Waals surface area contributed by atoms with Crippen molar-refractivity contribution in [2.45, 2.75) is 58.1 Å². The van der Waals surface area contributed by atoms with Gasteiger partial charge in [0.1, 0.15) is 23.9 Å². The lowest BCUT2D eigenvalue weighted by molar-refractivity contribution is -0.136. The number of amides is 2. The lowest BCUT2D eigenvalue weighted by atomic mass is 10.1. The minimum absolute atomic E-state index is 0.196. The molecular weight excluding hydrogens is 448 g/mol. The van der Waals surface area contributed by atoms with Crippen LogP contribution in [0.2, 0.25) is 0 Å². The number of para-hydroxylation sites is 1. The van der Waals surface area contributed by atoms with E-state index < -0.39 is 11.9 Å². The Morgan fingerprint density at radius 1 is 1.00 bits per heavy atom. The summed E-state index contributed by atoms with van der Waals surface area (Å²) < 4.78 is 13.2. The number of fused-ring (bicyclic) bond motifs is 1. The largest absolute Gasteiger partial charge is 0.487 e. The number of rotatable bonds is 6. The van der Waals surface area contributed by atoms with Crippen LogP contribution in [0, 0.1) is 0 Å². The number of aromatic amines is 1. The molecule has 0 saturated carbocycles. The van der Waals surface area contributed by atoms with Gasteiger partial charge in [-0.3, -0.25) is 29.7 Å². The molecule has 184 valence electrons. The number of imide groups is 1. The topological polar surface area (TPSA) is 106 Å². The summed E-state index contributed by atoms with van der Waals surface area (Å²) in [4.78, 5) is 39.1. The van der Waals surface area contributed by atoms with Gasteiger partial charge in [0.05, 0.1) is 17.6 Å². The Kier molecular flexibility index (Phi) is 6.44. The van der Waals surface area contributed by atoms with Gasteiger partial charge in [-0.1, -0.05) is 30.3 Å². The smallest absolute Gasteiger partial charge is 0.275 e. The summed E-state index contributed by atoms with van der Waals surface area (Å²) >= 11 is 0. The van der Waals surface area contributed by atoms with Gasteiger partial charge >= 0.3 is 0 Å². The molecule has 0 bridgehead atoms. The monoisotopic (exact) mass is 478 g/mol. The average molecular weight is 479 g/mol. The molecule has 2 N–H and O–H groups in total. The summed E-state index contributed by atoms with van der Waals surface area (Å²) in [6, 6.07) is 12.9.